The maximum absolute atomic E-state index is 5.93. The Morgan fingerprint density at radius 3 is 2.80 bits per heavy atom. The Labute approximate surface area is 151 Å². The maximum atomic E-state index is 5.93. The van der Waals surface area contributed by atoms with Gasteiger partial charge >= 0.3 is 0 Å². The summed E-state index contributed by atoms with van der Waals surface area (Å²) in [5.74, 6) is 0.854. The Balaban J connectivity index is 1.21. The van der Waals surface area contributed by atoms with Crippen LogP contribution in [0.2, 0.25) is 0 Å². The summed E-state index contributed by atoms with van der Waals surface area (Å²) in [7, 11) is 0. The van der Waals surface area contributed by atoms with Gasteiger partial charge in [-0.3, -0.25) is 4.90 Å². The Morgan fingerprint density at radius 1 is 1.16 bits per heavy atom. The molecular weight excluding hydrogens is 330 g/mol. The third kappa shape index (κ3) is 3.15. The lowest BCUT2D eigenvalue weighted by atomic mass is 10.1. The van der Waals surface area contributed by atoms with Gasteiger partial charge in [-0.2, -0.15) is 0 Å². The van der Waals surface area contributed by atoms with E-state index in [4.69, 9.17) is 4.74 Å². The first-order valence-corrected chi connectivity index (χ1v) is 9.75. The summed E-state index contributed by atoms with van der Waals surface area (Å²) in [6.07, 6.45) is 2.43. The SMILES string of the molecule is c1ccc2sc(Oc3ccc(CCN4CC5CC4CN5)cc3)nc2c1. The van der Waals surface area contributed by atoms with Crippen LogP contribution in [0.4, 0.5) is 0 Å². The van der Waals surface area contributed by atoms with Gasteiger partial charge in [0.1, 0.15) is 5.75 Å². The van der Waals surface area contributed by atoms with E-state index in [1.807, 2.05) is 18.2 Å². The molecule has 0 spiro atoms. The normalized spacial score (nSPS) is 22.7. The molecule has 0 saturated carbocycles. The van der Waals surface area contributed by atoms with Gasteiger partial charge in [-0.15, -0.1) is 0 Å². The monoisotopic (exact) mass is 351 g/mol. The molecule has 4 nitrogen and oxygen atoms in total. The second kappa shape index (κ2) is 6.41. The number of piperazine rings is 1. The van der Waals surface area contributed by atoms with E-state index >= 15 is 0 Å². The van der Waals surface area contributed by atoms with Crippen LogP contribution in [0.1, 0.15) is 12.0 Å². The summed E-state index contributed by atoms with van der Waals surface area (Å²) in [5, 5.41) is 4.26. The van der Waals surface area contributed by atoms with E-state index in [1.165, 1.54) is 25.1 Å². The van der Waals surface area contributed by atoms with Gasteiger partial charge in [0.25, 0.3) is 5.19 Å². The van der Waals surface area contributed by atoms with Crippen molar-refractivity contribution in [2.45, 2.75) is 24.9 Å². The van der Waals surface area contributed by atoms with Crippen molar-refractivity contribution in [3.8, 4) is 10.9 Å². The number of nitrogens with one attached hydrogen (secondary N) is 1. The highest BCUT2D eigenvalue weighted by Gasteiger charge is 2.36. The molecule has 2 aliphatic heterocycles. The molecule has 2 atom stereocenters. The predicted octanol–water partition coefficient (Wildman–Crippen LogP) is 3.68. The Kier molecular flexibility index (Phi) is 3.93. The van der Waals surface area contributed by atoms with E-state index < -0.39 is 0 Å². The van der Waals surface area contributed by atoms with Crippen LogP contribution >= 0.6 is 11.3 Å². The number of aromatic nitrogens is 1. The number of rotatable bonds is 5. The highest BCUT2D eigenvalue weighted by atomic mass is 32.1. The molecule has 2 aromatic carbocycles. The molecule has 5 rings (SSSR count). The fourth-order valence-corrected chi connectivity index (χ4v) is 4.75. The van der Waals surface area contributed by atoms with E-state index in [-0.39, 0.29) is 0 Å². The number of likely N-dealkylation sites (tertiary alicyclic amines) is 1. The van der Waals surface area contributed by atoms with Crippen molar-refractivity contribution in [3.05, 3.63) is 54.1 Å². The van der Waals surface area contributed by atoms with Crippen molar-refractivity contribution in [1.29, 1.82) is 0 Å². The van der Waals surface area contributed by atoms with Crippen molar-refractivity contribution in [2.75, 3.05) is 19.6 Å². The van der Waals surface area contributed by atoms with Crippen LogP contribution < -0.4 is 10.1 Å². The van der Waals surface area contributed by atoms with Gasteiger partial charge in [0, 0.05) is 31.7 Å². The number of thiazole rings is 1. The minimum absolute atomic E-state index is 0.703. The number of nitrogens with zero attached hydrogens (tertiary/aromatic N) is 2. The number of ether oxygens (including phenoxy) is 1. The zero-order valence-electron chi connectivity index (χ0n) is 14.0. The molecule has 2 saturated heterocycles. The molecule has 3 aromatic rings. The Morgan fingerprint density at radius 2 is 2.04 bits per heavy atom. The van der Waals surface area contributed by atoms with E-state index in [0.717, 1.165) is 41.0 Å². The molecule has 2 aliphatic rings. The molecular formula is C20H21N3OS. The first kappa shape index (κ1) is 15.3. The summed E-state index contributed by atoms with van der Waals surface area (Å²) in [5.41, 5.74) is 2.36. The number of hydrogen-bond acceptors (Lipinski definition) is 5. The largest absolute Gasteiger partial charge is 0.431 e. The van der Waals surface area contributed by atoms with Crippen LogP contribution in [-0.4, -0.2) is 41.6 Å². The second-order valence-corrected chi connectivity index (χ2v) is 7.93. The van der Waals surface area contributed by atoms with Crippen LogP contribution in [0.5, 0.6) is 10.9 Å². The van der Waals surface area contributed by atoms with E-state index in [0.29, 0.717) is 5.19 Å². The van der Waals surface area contributed by atoms with Crippen LogP contribution in [0.25, 0.3) is 10.2 Å². The Hall–Kier alpha value is -1.95. The number of para-hydroxylation sites is 1. The highest BCUT2D eigenvalue weighted by Crippen LogP contribution is 2.31. The van der Waals surface area contributed by atoms with Gasteiger partial charge in [0.05, 0.1) is 10.2 Å². The van der Waals surface area contributed by atoms with E-state index in [2.05, 4.69) is 45.5 Å². The molecule has 0 aliphatic carbocycles. The van der Waals surface area contributed by atoms with Gasteiger partial charge in [-0.05, 0) is 42.7 Å². The fourth-order valence-electron chi connectivity index (χ4n) is 3.91. The molecule has 1 aromatic heterocycles. The molecule has 25 heavy (non-hydrogen) atoms. The molecule has 5 heteroatoms. The standard InChI is InChI=1S/C20H21N3OS/c1-2-4-19-18(3-1)22-20(25-19)24-17-7-5-14(6-8-17)9-10-23-13-15-11-16(23)12-21-15/h1-8,15-16,21H,9-13H2. The van der Waals surface area contributed by atoms with Crippen molar-refractivity contribution in [2.24, 2.45) is 0 Å². The lowest BCUT2D eigenvalue weighted by Gasteiger charge is -2.27. The van der Waals surface area contributed by atoms with Gasteiger partial charge in [0.15, 0.2) is 0 Å². The quantitative estimate of drug-likeness (QED) is 0.761. The first-order chi connectivity index (χ1) is 12.3. The van der Waals surface area contributed by atoms with Crippen LogP contribution in [0.15, 0.2) is 48.5 Å². The molecule has 2 unspecified atom stereocenters. The number of hydrogen-bond donors (Lipinski definition) is 1. The van der Waals surface area contributed by atoms with Crippen molar-refractivity contribution < 1.29 is 4.74 Å². The zero-order chi connectivity index (χ0) is 16.6. The summed E-state index contributed by atoms with van der Waals surface area (Å²) in [6.45, 7) is 3.53. The lowest BCUT2D eigenvalue weighted by Crippen LogP contribution is -2.44. The molecule has 1 N–H and O–H groups in total. The van der Waals surface area contributed by atoms with Gasteiger partial charge in [-0.25, -0.2) is 4.98 Å². The average Bonchev–Trinajstić information content (AvgIpc) is 3.35. The summed E-state index contributed by atoms with van der Waals surface area (Å²) < 4.78 is 7.08. The summed E-state index contributed by atoms with van der Waals surface area (Å²) >= 11 is 1.58. The lowest BCUT2D eigenvalue weighted by molar-refractivity contribution is 0.229. The third-order valence-electron chi connectivity index (χ3n) is 5.26. The minimum Gasteiger partial charge on any atom is -0.431 e. The van der Waals surface area contributed by atoms with Crippen molar-refractivity contribution in [3.63, 3.8) is 0 Å². The van der Waals surface area contributed by atoms with Gasteiger partial charge in [0.2, 0.25) is 0 Å². The van der Waals surface area contributed by atoms with E-state index in [9.17, 15) is 0 Å². The molecule has 128 valence electrons. The average molecular weight is 351 g/mol. The smallest absolute Gasteiger partial charge is 0.279 e. The third-order valence-corrected chi connectivity index (χ3v) is 6.17. The van der Waals surface area contributed by atoms with Crippen LogP contribution in [0, 0.1) is 0 Å². The fraction of sp³-hybridized carbons (Fsp3) is 0.350. The first-order valence-electron chi connectivity index (χ1n) is 8.93. The molecule has 2 bridgehead atoms. The van der Waals surface area contributed by atoms with Crippen molar-refractivity contribution >= 4 is 21.6 Å². The molecule has 0 radical (unpaired) electrons. The molecule has 0 amide bonds. The summed E-state index contributed by atoms with van der Waals surface area (Å²) in [4.78, 5) is 7.16. The van der Waals surface area contributed by atoms with Crippen LogP contribution in [-0.2, 0) is 6.42 Å². The summed E-state index contributed by atoms with van der Waals surface area (Å²) in [6, 6.07) is 18.1. The number of fused-ring (bicyclic) bond motifs is 3. The predicted molar refractivity (Wildman–Crippen MR) is 102 cm³/mol. The second-order valence-electron chi connectivity index (χ2n) is 6.93. The topological polar surface area (TPSA) is 37.4 Å². The maximum Gasteiger partial charge on any atom is 0.279 e. The Bertz CT molecular complexity index is 843. The van der Waals surface area contributed by atoms with Gasteiger partial charge in [-0.1, -0.05) is 35.6 Å². The molecule has 2 fully saturated rings. The van der Waals surface area contributed by atoms with E-state index in [1.54, 1.807) is 11.3 Å². The minimum atomic E-state index is 0.703. The van der Waals surface area contributed by atoms with Crippen LogP contribution in [0.3, 0.4) is 0 Å². The zero-order valence-corrected chi connectivity index (χ0v) is 14.8. The number of benzene rings is 2. The van der Waals surface area contributed by atoms with Crippen molar-refractivity contribution in [1.82, 2.24) is 15.2 Å². The highest BCUT2D eigenvalue weighted by molar-refractivity contribution is 7.20. The molecule has 3 heterocycles. The van der Waals surface area contributed by atoms with Gasteiger partial charge < -0.3 is 10.1 Å².